The van der Waals surface area contributed by atoms with Gasteiger partial charge in [0.2, 0.25) is 0 Å². The number of aliphatic hydroxyl groups is 1. The second kappa shape index (κ2) is 8.12. The molecule has 180 valence electrons. The minimum Gasteiger partial charge on any atom is -0.507 e. The zero-order valence-electron chi connectivity index (χ0n) is 20.4. The third-order valence-electron chi connectivity index (χ3n) is 7.39. The number of fused-ring (bicyclic) bond motifs is 2. The van der Waals surface area contributed by atoms with Crippen LogP contribution in [0.3, 0.4) is 0 Å². The van der Waals surface area contributed by atoms with Gasteiger partial charge in [0.05, 0.1) is 18.2 Å². The average Bonchev–Trinajstić information content (AvgIpc) is 3.54. The Morgan fingerprint density at radius 2 is 1.81 bits per heavy atom. The standard InChI is InChI=1S/C30H26N2O4/c1-16-8-10-21(14-17(16)2)32-27(25-18(3)31-23-7-5-4-6-22(23)25)26(29(34)30(32)35)28(33)20-9-11-24-19(15-20)12-13-36-24/h4-11,14-15,27,31,33H,12-13H2,1-3H3/b28-26+. The molecule has 4 aromatic rings. The van der Waals surface area contributed by atoms with E-state index in [4.69, 9.17) is 4.74 Å². The van der Waals surface area contributed by atoms with Crippen LogP contribution in [0.4, 0.5) is 5.69 Å². The lowest BCUT2D eigenvalue weighted by molar-refractivity contribution is -0.132. The summed E-state index contributed by atoms with van der Waals surface area (Å²) in [6.07, 6.45) is 0.735. The largest absolute Gasteiger partial charge is 0.507 e. The molecule has 0 bridgehead atoms. The van der Waals surface area contributed by atoms with E-state index in [0.29, 0.717) is 17.9 Å². The molecule has 1 aromatic heterocycles. The number of aromatic nitrogens is 1. The first-order chi connectivity index (χ1) is 17.3. The van der Waals surface area contributed by atoms with Crippen LogP contribution in [-0.4, -0.2) is 28.4 Å². The average molecular weight is 479 g/mol. The monoisotopic (exact) mass is 478 g/mol. The van der Waals surface area contributed by atoms with Gasteiger partial charge in [-0.3, -0.25) is 14.5 Å². The molecule has 0 saturated carbocycles. The van der Waals surface area contributed by atoms with Crippen molar-refractivity contribution in [1.29, 1.82) is 0 Å². The quantitative estimate of drug-likeness (QED) is 0.226. The van der Waals surface area contributed by atoms with Crippen LogP contribution in [0, 0.1) is 20.8 Å². The maximum absolute atomic E-state index is 13.6. The lowest BCUT2D eigenvalue weighted by Crippen LogP contribution is -2.29. The van der Waals surface area contributed by atoms with Crippen molar-refractivity contribution in [3.8, 4) is 5.75 Å². The molecule has 3 aromatic carbocycles. The fourth-order valence-electron chi connectivity index (χ4n) is 5.39. The van der Waals surface area contributed by atoms with Crippen molar-refractivity contribution in [3.63, 3.8) is 0 Å². The molecule has 1 atom stereocenters. The number of carbonyl (C=O) groups excluding carboxylic acids is 2. The van der Waals surface area contributed by atoms with Crippen molar-refractivity contribution in [1.82, 2.24) is 4.98 Å². The first-order valence-electron chi connectivity index (χ1n) is 12.1. The Labute approximate surface area is 208 Å². The summed E-state index contributed by atoms with van der Waals surface area (Å²) in [5, 5.41) is 12.5. The highest BCUT2D eigenvalue weighted by atomic mass is 16.5. The Bertz CT molecular complexity index is 1610. The minimum atomic E-state index is -0.784. The first-order valence-corrected chi connectivity index (χ1v) is 12.1. The number of rotatable bonds is 3. The summed E-state index contributed by atoms with van der Waals surface area (Å²) >= 11 is 0. The normalized spacial score (nSPS) is 18.6. The molecule has 1 saturated heterocycles. The Hall–Kier alpha value is -4.32. The number of nitrogens with zero attached hydrogens (tertiary/aromatic N) is 1. The molecule has 3 heterocycles. The number of H-pyrrole nitrogens is 1. The highest BCUT2D eigenvalue weighted by molar-refractivity contribution is 6.52. The molecule has 36 heavy (non-hydrogen) atoms. The van der Waals surface area contributed by atoms with Gasteiger partial charge < -0.3 is 14.8 Å². The van der Waals surface area contributed by atoms with Crippen LogP contribution in [0.15, 0.2) is 66.2 Å². The molecule has 1 unspecified atom stereocenters. The summed E-state index contributed by atoms with van der Waals surface area (Å²) in [6, 6.07) is 18.1. The highest BCUT2D eigenvalue weighted by Crippen LogP contribution is 2.46. The van der Waals surface area contributed by atoms with Crippen molar-refractivity contribution in [2.24, 2.45) is 0 Å². The number of para-hydroxylation sites is 1. The van der Waals surface area contributed by atoms with Gasteiger partial charge in [-0.25, -0.2) is 0 Å². The number of ether oxygens (including phenoxy) is 1. The summed E-state index contributed by atoms with van der Waals surface area (Å²) in [5.74, 6) is -0.744. The summed E-state index contributed by atoms with van der Waals surface area (Å²) in [5.41, 5.74) is 6.84. The number of ketones is 1. The molecule has 2 aliphatic rings. The van der Waals surface area contributed by atoms with Gasteiger partial charge in [0.1, 0.15) is 11.5 Å². The van der Waals surface area contributed by atoms with Gasteiger partial charge in [0.15, 0.2) is 0 Å². The zero-order chi connectivity index (χ0) is 25.1. The zero-order valence-corrected chi connectivity index (χ0v) is 20.4. The number of aliphatic hydroxyl groups excluding tert-OH is 1. The highest BCUT2D eigenvalue weighted by Gasteiger charge is 2.48. The van der Waals surface area contributed by atoms with E-state index in [1.54, 1.807) is 6.07 Å². The lowest BCUT2D eigenvalue weighted by Gasteiger charge is -2.26. The fourth-order valence-corrected chi connectivity index (χ4v) is 5.39. The van der Waals surface area contributed by atoms with Crippen LogP contribution in [0.5, 0.6) is 5.75 Å². The molecular weight excluding hydrogens is 452 g/mol. The van der Waals surface area contributed by atoms with Crippen LogP contribution in [0.1, 0.15) is 39.6 Å². The number of carbonyl (C=O) groups is 2. The van der Waals surface area contributed by atoms with E-state index >= 15 is 0 Å². The third kappa shape index (κ3) is 3.25. The molecule has 1 fully saturated rings. The predicted octanol–water partition coefficient (Wildman–Crippen LogP) is 5.65. The Kier molecular flexibility index (Phi) is 5.00. The van der Waals surface area contributed by atoms with Crippen LogP contribution in [0.2, 0.25) is 0 Å². The minimum absolute atomic E-state index is 0.0879. The van der Waals surface area contributed by atoms with Crippen molar-refractivity contribution in [3.05, 3.63) is 99.7 Å². The number of anilines is 1. The van der Waals surface area contributed by atoms with Crippen molar-refractivity contribution >= 4 is 34.0 Å². The van der Waals surface area contributed by atoms with Crippen LogP contribution in [-0.2, 0) is 16.0 Å². The van der Waals surface area contributed by atoms with E-state index in [0.717, 1.165) is 51.0 Å². The summed E-state index contributed by atoms with van der Waals surface area (Å²) < 4.78 is 5.61. The smallest absolute Gasteiger partial charge is 0.300 e. The van der Waals surface area contributed by atoms with Crippen LogP contribution in [0.25, 0.3) is 16.7 Å². The number of hydrogen-bond acceptors (Lipinski definition) is 4. The number of aryl methyl sites for hydroxylation is 3. The molecule has 6 rings (SSSR count). The fraction of sp³-hybridized carbons (Fsp3) is 0.200. The van der Waals surface area contributed by atoms with Crippen molar-refractivity contribution < 1.29 is 19.4 Å². The molecule has 0 aliphatic carbocycles. The summed E-state index contributed by atoms with van der Waals surface area (Å²) in [6.45, 7) is 6.51. The topological polar surface area (TPSA) is 82.6 Å². The Morgan fingerprint density at radius 1 is 1.00 bits per heavy atom. The van der Waals surface area contributed by atoms with Gasteiger partial charge in [-0.2, -0.15) is 0 Å². The van der Waals surface area contributed by atoms with Gasteiger partial charge in [0, 0.05) is 39.8 Å². The predicted molar refractivity (Wildman–Crippen MR) is 139 cm³/mol. The molecular formula is C30H26N2O4. The molecule has 2 N–H and O–H groups in total. The lowest BCUT2D eigenvalue weighted by atomic mass is 9.92. The van der Waals surface area contributed by atoms with Crippen molar-refractivity contribution in [2.45, 2.75) is 33.2 Å². The first kappa shape index (κ1) is 22.2. The maximum atomic E-state index is 13.6. The van der Waals surface area contributed by atoms with E-state index in [-0.39, 0.29) is 11.3 Å². The van der Waals surface area contributed by atoms with Gasteiger partial charge in [-0.1, -0.05) is 24.3 Å². The Morgan fingerprint density at radius 3 is 2.61 bits per heavy atom. The van der Waals surface area contributed by atoms with E-state index in [1.807, 2.05) is 75.4 Å². The Balaban J connectivity index is 1.62. The molecule has 2 aliphatic heterocycles. The summed E-state index contributed by atoms with van der Waals surface area (Å²) in [4.78, 5) is 32.1. The van der Waals surface area contributed by atoms with Crippen LogP contribution >= 0.6 is 0 Å². The maximum Gasteiger partial charge on any atom is 0.300 e. The van der Waals surface area contributed by atoms with E-state index in [1.165, 1.54) is 4.90 Å². The second-order valence-corrected chi connectivity index (χ2v) is 9.57. The van der Waals surface area contributed by atoms with Gasteiger partial charge in [-0.05, 0) is 73.9 Å². The number of benzene rings is 3. The number of Topliss-reactive ketones (excluding diaryl/α,β-unsaturated/α-hetero) is 1. The van der Waals surface area contributed by atoms with Gasteiger partial charge >= 0.3 is 0 Å². The van der Waals surface area contributed by atoms with Crippen molar-refractivity contribution in [2.75, 3.05) is 11.5 Å². The number of nitrogens with one attached hydrogen (secondary N) is 1. The number of amides is 1. The molecule has 6 nitrogen and oxygen atoms in total. The van der Waals surface area contributed by atoms with Crippen LogP contribution < -0.4 is 9.64 Å². The summed E-state index contributed by atoms with van der Waals surface area (Å²) in [7, 11) is 0. The van der Waals surface area contributed by atoms with E-state index in [2.05, 4.69) is 4.98 Å². The number of aromatic amines is 1. The SMILES string of the molecule is Cc1ccc(N2C(=O)C(=O)/C(=C(/O)c3ccc4c(c3)CCO4)C2c2c(C)[nH]c3ccccc23)cc1C. The van der Waals surface area contributed by atoms with E-state index in [9.17, 15) is 14.7 Å². The molecule has 6 heteroatoms. The molecule has 1 amide bonds. The molecule has 0 spiro atoms. The van der Waals surface area contributed by atoms with E-state index < -0.39 is 17.7 Å². The molecule has 0 radical (unpaired) electrons. The van der Waals surface area contributed by atoms with Gasteiger partial charge in [-0.15, -0.1) is 0 Å². The third-order valence-corrected chi connectivity index (χ3v) is 7.39. The number of hydrogen-bond donors (Lipinski definition) is 2. The van der Waals surface area contributed by atoms with Gasteiger partial charge in [0.25, 0.3) is 11.7 Å². The second-order valence-electron chi connectivity index (χ2n) is 9.57.